The minimum absolute atomic E-state index is 0.0221. The molecule has 2 aromatic rings. The van der Waals surface area contributed by atoms with Crippen LogP contribution in [0, 0.1) is 35.7 Å². The molecule has 0 aliphatic heterocycles. The van der Waals surface area contributed by atoms with Crippen LogP contribution in [0.5, 0.6) is 0 Å². The van der Waals surface area contributed by atoms with Crippen LogP contribution >= 0.6 is 0 Å². The number of carbonyl (C=O) groups is 1. The zero-order valence-electron chi connectivity index (χ0n) is 16.0. The van der Waals surface area contributed by atoms with Crippen LogP contribution in [0.4, 0.5) is 15.8 Å². The van der Waals surface area contributed by atoms with Gasteiger partial charge in [0.05, 0.1) is 4.92 Å². The lowest BCUT2D eigenvalue weighted by atomic mass is 9.96. The fraction of sp³-hybridized carbons (Fsp3) is 0.350. The quantitative estimate of drug-likeness (QED) is 0.576. The van der Waals surface area contributed by atoms with Crippen molar-refractivity contribution in [2.75, 3.05) is 11.9 Å². The Morgan fingerprint density at radius 3 is 2.33 bits per heavy atom. The molecule has 1 amide bonds. The predicted octanol–water partition coefficient (Wildman–Crippen LogP) is 3.25. The highest BCUT2D eigenvalue weighted by molar-refractivity contribution is 5.93. The third-order valence-electron chi connectivity index (χ3n) is 4.61. The Bertz CT molecular complexity index is 835. The second-order valence-electron chi connectivity index (χ2n) is 7.02. The number of nitro benzene ring substituents is 1. The highest BCUT2D eigenvalue weighted by atomic mass is 19.1. The van der Waals surface area contributed by atoms with Crippen molar-refractivity contribution >= 4 is 17.3 Å². The van der Waals surface area contributed by atoms with Gasteiger partial charge in [-0.1, -0.05) is 26.0 Å². The van der Waals surface area contributed by atoms with Crippen LogP contribution < -0.4 is 10.6 Å². The maximum absolute atomic E-state index is 13.1. The number of nitro groups is 1. The van der Waals surface area contributed by atoms with Crippen molar-refractivity contribution in [3.05, 3.63) is 69.0 Å². The van der Waals surface area contributed by atoms with E-state index in [0.717, 1.165) is 16.7 Å². The number of rotatable bonds is 7. The molecular weight excluding hydrogens is 349 g/mol. The number of nitrogens with one attached hydrogen (secondary N) is 1. The van der Waals surface area contributed by atoms with Gasteiger partial charge in [0.15, 0.2) is 6.54 Å². The summed E-state index contributed by atoms with van der Waals surface area (Å²) in [5, 5.41) is 15.8. The molecule has 27 heavy (non-hydrogen) atoms. The molecule has 0 aliphatic carbocycles. The zero-order chi connectivity index (χ0) is 20.1. The number of hydrogen-bond acceptors (Lipinski definition) is 3. The molecule has 0 saturated heterocycles. The average Bonchev–Trinajstić information content (AvgIpc) is 2.59. The monoisotopic (exact) mass is 374 g/mol. The maximum atomic E-state index is 13.1. The maximum Gasteiger partial charge on any atom is 0.293 e. The van der Waals surface area contributed by atoms with E-state index < -0.39 is 4.92 Å². The van der Waals surface area contributed by atoms with Gasteiger partial charge >= 0.3 is 0 Å². The van der Waals surface area contributed by atoms with Crippen LogP contribution in [-0.2, 0) is 4.79 Å². The summed E-state index contributed by atoms with van der Waals surface area (Å²) in [7, 11) is 0. The van der Waals surface area contributed by atoms with Gasteiger partial charge in [0.2, 0.25) is 0 Å². The Morgan fingerprint density at radius 2 is 1.78 bits per heavy atom. The number of amides is 1. The van der Waals surface area contributed by atoms with Crippen molar-refractivity contribution in [1.29, 1.82) is 0 Å². The normalized spacial score (nSPS) is 12.1. The van der Waals surface area contributed by atoms with E-state index in [0.29, 0.717) is 0 Å². The number of anilines is 1. The van der Waals surface area contributed by atoms with Crippen molar-refractivity contribution in [1.82, 2.24) is 0 Å². The molecule has 144 valence electrons. The van der Waals surface area contributed by atoms with Gasteiger partial charge in [-0.05, 0) is 43.2 Å². The number of halogens is 1. The van der Waals surface area contributed by atoms with Crippen LogP contribution in [0.2, 0.25) is 0 Å². The molecule has 0 aliphatic rings. The summed E-state index contributed by atoms with van der Waals surface area (Å²) < 4.78 is 13.1. The summed E-state index contributed by atoms with van der Waals surface area (Å²) in [5.41, 5.74) is 2.67. The minimum Gasteiger partial charge on any atom is -0.332 e. The Balaban J connectivity index is 2.10. The standard InChI is InChI=1S/C20H24FN3O3/c1-12(2)20(15-5-7-16(21)8-6-15)22-11-19(25)23-17-9-13(3)14(4)10-18(17)24(26)27/h5-10,12,20,22H,11H2,1-4H3,(H,23,25)/p+1/t20-/m1/s1. The van der Waals surface area contributed by atoms with Crippen LogP contribution in [-0.4, -0.2) is 17.4 Å². The predicted molar refractivity (Wildman–Crippen MR) is 102 cm³/mol. The van der Waals surface area contributed by atoms with Gasteiger partial charge in [-0.2, -0.15) is 0 Å². The summed E-state index contributed by atoms with van der Waals surface area (Å²) in [6, 6.07) is 9.28. The minimum atomic E-state index is -0.499. The van der Waals surface area contributed by atoms with E-state index in [4.69, 9.17) is 0 Å². The van der Waals surface area contributed by atoms with Crippen molar-refractivity contribution in [3.8, 4) is 0 Å². The van der Waals surface area contributed by atoms with Gasteiger partial charge in [-0.15, -0.1) is 0 Å². The van der Waals surface area contributed by atoms with E-state index in [-0.39, 0.29) is 41.6 Å². The summed E-state index contributed by atoms with van der Waals surface area (Å²) in [4.78, 5) is 23.1. The molecule has 0 unspecified atom stereocenters. The number of nitrogens with zero attached hydrogens (tertiary/aromatic N) is 1. The van der Waals surface area contributed by atoms with Crippen LogP contribution in [0.3, 0.4) is 0 Å². The first-order valence-electron chi connectivity index (χ1n) is 8.83. The van der Waals surface area contributed by atoms with Crippen LogP contribution in [0.1, 0.15) is 36.6 Å². The molecular formula is C20H25FN3O3+. The summed E-state index contributed by atoms with van der Waals surface area (Å²) in [6.45, 7) is 7.78. The van der Waals surface area contributed by atoms with Crippen molar-refractivity contribution < 1.29 is 19.4 Å². The second-order valence-corrected chi connectivity index (χ2v) is 7.02. The van der Waals surface area contributed by atoms with E-state index in [9.17, 15) is 19.3 Å². The number of hydrogen-bond donors (Lipinski definition) is 2. The molecule has 7 heteroatoms. The highest BCUT2D eigenvalue weighted by Crippen LogP contribution is 2.27. The lowest BCUT2D eigenvalue weighted by Gasteiger charge is -2.19. The molecule has 0 saturated carbocycles. The number of nitrogens with two attached hydrogens (primary N) is 1. The molecule has 0 fully saturated rings. The summed E-state index contributed by atoms with van der Waals surface area (Å²) in [5.74, 6) is -0.408. The molecule has 0 aromatic heterocycles. The lowest BCUT2D eigenvalue weighted by molar-refractivity contribution is -0.692. The largest absolute Gasteiger partial charge is 0.332 e. The van der Waals surface area contributed by atoms with Crippen molar-refractivity contribution in [2.45, 2.75) is 33.7 Å². The topological polar surface area (TPSA) is 88.8 Å². The van der Waals surface area contributed by atoms with Gasteiger partial charge in [0.25, 0.3) is 11.6 Å². The Labute approximate surface area is 157 Å². The number of aryl methyl sites for hydroxylation is 2. The lowest BCUT2D eigenvalue weighted by Crippen LogP contribution is -2.88. The molecule has 0 heterocycles. The third kappa shape index (κ3) is 5.34. The molecule has 0 spiro atoms. The zero-order valence-corrected chi connectivity index (χ0v) is 16.0. The number of benzene rings is 2. The van der Waals surface area contributed by atoms with E-state index in [2.05, 4.69) is 5.32 Å². The third-order valence-corrected chi connectivity index (χ3v) is 4.61. The van der Waals surface area contributed by atoms with Crippen molar-refractivity contribution in [2.24, 2.45) is 5.92 Å². The summed E-state index contributed by atoms with van der Waals surface area (Å²) >= 11 is 0. The highest BCUT2D eigenvalue weighted by Gasteiger charge is 2.22. The summed E-state index contributed by atoms with van der Waals surface area (Å²) in [6.07, 6.45) is 0. The average molecular weight is 374 g/mol. The van der Waals surface area contributed by atoms with Crippen LogP contribution in [0.25, 0.3) is 0 Å². The molecule has 0 radical (unpaired) electrons. The van der Waals surface area contributed by atoms with E-state index in [1.54, 1.807) is 25.1 Å². The molecule has 1 atom stereocenters. The smallest absolute Gasteiger partial charge is 0.293 e. The Hall–Kier alpha value is -2.80. The number of quaternary nitrogens is 1. The molecule has 2 rings (SSSR count). The van der Waals surface area contributed by atoms with E-state index >= 15 is 0 Å². The van der Waals surface area contributed by atoms with E-state index in [1.165, 1.54) is 18.2 Å². The van der Waals surface area contributed by atoms with Crippen molar-refractivity contribution in [3.63, 3.8) is 0 Å². The second kappa shape index (κ2) is 8.73. The first kappa shape index (κ1) is 20.5. The SMILES string of the molecule is Cc1cc(NC(=O)C[NH2+][C@@H](c2ccc(F)cc2)C(C)C)c([N+](=O)[O-])cc1C. The Morgan fingerprint density at radius 1 is 1.19 bits per heavy atom. The first-order valence-corrected chi connectivity index (χ1v) is 8.83. The molecule has 6 nitrogen and oxygen atoms in total. The fourth-order valence-corrected chi connectivity index (χ4v) is 2.97. The van der Waals surface area contributed by atoms with Gasteiger partial charge in [0, 0.05) is 17.5 Å². The van der Waals surface area contributed by atoms with Crippen LogP contribution in [0.15, 0.2) is 36.4 Å². The van der Waals surface area contributed by atoms with Gasteiger partial charge in [0.1, 0.15) is 17.5 Å². The first-order chi connectivity index (χ1) is 12.7. The van der Waals surface area contributed by atoms with Gasteiger partial charge in [-0.3, -0.25) is 14.9 Å². The van der Waals surface area contributed by atoms with Gasteiger partial charge in [-0.25, -0.2) is 4.39 Å². The Kier molecular flexibility index (Phi) is 6.63. The van der Waals surface area contributed by atoms with E-state index in [1.807, 2.05) is 26.1 Å². The number of carbonyl (C=O) groups excluding carboxylic acids is 1. The molecule has 2 aromatic carbocycles. The molecule has 0 bridgehead atoms. The van der Waals surface area contributed by atoms with Gasteiger partial charge < -0.3 is 10.6 Å². The molecule has 3 N–H and O–H groups in total. The fourth-order valence-electron chi connectivity index (χ4n) is 2.97.